The summed E-state index contributed by atoms with van der Waals surface area (Å²) in [7, 11) is 1.42. The van der Waals surface area contributed by atoms with Crippen molar-refractivity contribution < 1.29 is 9.53 Å². The molecule has 0 radical (unpaired) electrons. The summed E-state index contributed by atoms with van der Waals surface area (Å²) in [6.07, 6.45) is 1.25. The van der Waals surface area contributed by atoms with E-state index in [-0.39, 0.29) is 5.97 Å². The van der Waals surface area contributed by atoms with Gasteiger partial charge in [0, 0.05) is 18.7 Å². The summed E-state index contributed by atoms with van der Waals surface area (Å²) in [4.78, 5) is 11.0. The number of hydrogen-bond acceptors (Lipinski definition) is 3. The third kappa shape index (κ3) is 4.06. The Labute approximate surface area is 110 Å². The lowest BCUT2D eigenvalue weighted by molar-refractivity contribution is -0.140. The van der Waals surface area contributed by atoms with E-state index in [2.05, 4.69) is 49.0 Å². The molecule has 1 N–H and O–H groups in total. The van der Waals surface area contributed by atoms with Gasteiger partial charge in [-0.25, -0.2) is 0 Å². The van der Waals surface area contributed by atoms with Crippen LogP contribution < -0.4 is 5.32 Å². The average molecular weight is 249 g/mol. The molecule has 0 saturated heterocycles. The number of aryl methyl sites for hydroxylation is 1. The van der Waals surface area contributed by atoms with E-state index in [0.717, 1.165) is 13.0 Å². The molecule has 0 aliphatic carbocycles. The minimum absolute atomic E-state index is 0.148. The molecule has 0 atom stereocenters. The van der Waals surface area contributed by atoms with Gasteiger partial charge in [-0.3, -0.25) is 4.79 Å². The van der Waals surface area contributed by atoms with Crippen LogP contribution in [-0.2, 0) is 9.53 Å². The van der Waals surface area contributed by atoms with Crippen LogP contribution in [-0.4, -0.2) is 19.6 Å². The van der Waals surface area contributed by atoms with Crippen molar-refractivity contribution in [2.45, 2.75) is 39.5 Å². The number of ether oxygens (including phenoxy) is 1. The van der Waals surface area contributed by atoms with E-state index < -0.39 is 0 Å². The molecular weight excluding hydrogens is 226 g/mol. The predicted octanol–water partition coefficient (Wildman–Crippen LogP) is 3.48. The number of esters is 1. The lowest BCUT2D eigenvalue weighted by Crippen LogP contribution is -2.09. The van der Waals surface area contributed by atoms with Crippen molar-refractivity contribution in [3.8, 4) is 0 Å². The lowest BCUT2D eigenvalue weighted by Gasteiger charge is -2.17. The second-order valence-electron chi connectivity index (χ2n) is 4.80. The van der Waals surface area contributed by atoms with Crippen molar-refractivity contribution in [2.75, 3.05) is 19.0 Å². The number of nitrogens with one attached hydrogen (secondary N) is 1. The zero-order valence-corrected chi connectivity index (χ0v) is 11.7. The molecule has 100 valence electrons. The van der Waals surface area contributed by atoms with E-state index >= 15 is 0 Å². The molecule has 0 fully saturated rings. The number of hydrogen-bond donors (Lipinski definition) is 1. The average Bonchev–Trinajstić information content (AvgIpc) is 2.35. The lowest BCUT2D eigenvalue weighted by atomic mass is 9.98. The van der Waals surface area contributed by atoms with Crippen LogP contribution in [0.4, 0.5) is 5.69 Å². The number of benzene rings is 1. The van der Waals surface area contributed by atoms with Crippen molar-refractivity contribution in [1.29, 1.82) is 0 Å². The SMILES string of the molecule is COC(=O)CCCNc1c(C)cccc1C(C)C. The predicted molar refractivity (Wildman–Crippen MR) is 75.0 cm³/mol. The molecule has 0 unspecified atom stereocenters. The monoisotopic (exact) mass is 249 g/mol. The molecule has 0 amide bonds. The van der Waals surface area contributed by atoms with E-state index in [0.29, 0.717) is 12.3 Å². The summed E-state index contributed by atoms with van der Waals surface area (Å²) >= 11 is 0. The number of carbonyl (C=O) groups excluding carboxylic acids is 1. The van der Waals surface area contributed by atoms with Crippen molar-refractivity contribution >= 4 is 11.7 Å². The number of rotatable bonds is 6. The summed E-state index contributed by atoms with van der Waals surface area (Å²) in [5, 5.41) is 3.43. The third-order valence-electron chi connectivity index (χ3n) is 3.01. The minimum Gasteiger partial charge on any atom is -0.469 e. The molecule has 1 rings (SSSR count). The van der Waals surface area contributed by atoms with E-state index in [1.165, 1.54) is 23.9 Å². The smallest absolute Gasteiger partial charge is 0.305 e. The van der Waals surface area contributed by atoms with E-state index in [9.17, 15) is 4.79 Å². The molecule has 3 nitrogen and oxygen atoms in total. The maximum atomic E-state index is 11.0. The molecule has 3 heteroatoms. The first-order valence-electron chi connectivity index (χ1n) is 6.46. The zero-order valence-electron chi connectivity index (χ0n) is 11.7. The van der Waals surface area contributed by atoms with Crippen molar-refractivity contribution in [2.24, 2.45) is 0 Å². The van der Waals surface area contributed by atoms with Crippen molar-refractivity contribution in [3.63, 3.8) is 0 Å². The van der Waals surface area contributed by atoms with Crippen molar-refractivity contribution in [3.05, 3.63) is 29.3 Å². The molecule has 0 saturated carbocycles. The van der Waals surface area contributed by atoms with Gasteiger partial charge in [0.1, 0.15) is 0 Å². The van der Waals surface area contributed by atoms with Crippen LogP contribution in [0.15, 0.2) is 18.2 Å². The summed E-state index contributed by atoms with van der Waals surface area (Å²) in [5.41, 5.74) is 3.78. The van der Waals surface area contributed by atoms with Gasteiger partial charge < -0.3 is 10.1 Å². The first kappa shape index (κ1) is 14.6. The van der Waals surface area contributed by atoms with Crippen LogP contribution in [0.3, 0.4) is 0 Å². The normalized spacial score (nSPS) is 10.5. The Hall–Kier alpha value is -1.51. The molecule has 0 bridgehead atoms. The molecule has 18 heavy (non-hydrogen) atoms. The van der Waals surface area contributed by atoms with Crippen LogP contribution in [0.1, 0.15) is 43.7 Å². The molecule has 1 aromatic carbocycles. The van der Waals surface area contributed by atoms with Crippen molar-refractivity contribution in [1.82, 2.24) is 0 Å². The Morgan fingerprint density at radius 2 is 2.11 bits per heavy atom. The van der Waals surface area contributed by atoms with Crippen LogP contribution in [0.5, 0.6) is 0 Å². The second-order valence-corrected chi connectivity index (χ2v) is 4.80. The molecule has 1 aromatic rings. The number of para-hydroxylation sites is 1. The van der Waals surface area contributed by atoms with Crippen LogP contribution in [0, 0.1) is 6.92 Å². The highest BCUT2D eigenvalue weighted by molar-refractivity contribution is 5.69. The Balaban J connectivity index is 2.58. The highest BCUT2D eigenvalue weighted by Crippen LogP contribution is 2.27. The Bertz CT molecular complexity index is 399. The van der Waals surface area contributed by atoms with Gasteiger partial charge in [0.2, 0.25) is 0 Å². The van der Waals surface area contributed by atoms with Crippen LogP contribution >= 0.6 is 0 Å². The maximum absolute atomic E-state index is 11.0. The third-order valence-corrected chi connectivity index (χ3v) is 3.01. The van der Waals surface area contributed by atoms with Gasteiger partial charge in [0.05, 0.1) is 7.11 Å². The topological polar surface area (TPSA) is 38.3 Å². The zero-order chi connectivity index (χ0) is 13.5. The van der Waals surface area contributed by atoms with E-state index in [1.54, 1.807) is 0 Å². The molecule has 0 aliphatic rings. The first-order chi connectivity index (χ1) is 8.56. The number of anilines is 1. The molecule has 0 aromatic heterocycles. The van der Waals surface area contributed by atoms with Crippen LogP contribution in [0.2, 0.25) is 0 Å². The van der Waals surface area contributed by atoms with Gasteiger partial charge in [-0.1, -0.05) is 32.0 Å². The second kappa shape index (κ2) is 7.04. The molecule has 0 heterocycles. The largest absolute Gasteiger partial charge is 0.469 e. The first-order valence-corrected chi connectivity index (χ1v) is 6.46. The van der Waals surface area contributed by atoms with Gasteiger partial charge in [-0.15, -0.1) is 0 Å². The Morgan fingerprint density at radius 1 is 1.39 bits per heavy atom. The van der Waals surface area contributed by atoms with E-state index in [1.807, 2.05) is 0 Å². The summed E-state index contributed by atoms with van der Waals surface area (Å²) in [6, 6.07) is 6.35. The van der Waals surface area contributed by atoms with Gasteiger partial charge in [0.15, 0.2) is 0 Å². The summed E-state index contributed by atoms with van der Waals surface area (Å²) in [5.74, 6) is 0.346. The fraction of sp³-hybridized carbons (Fsp3) is 0.533. The standard InChI is InChI=1S/C15H23NO2/c1-11(2)13-8-5-7-12(3)15(13)16-10-6-9-14(17)18-4/h5,7-8,11,16H,6,9-10H2,1-4H3. The van der Waals surface area contributed by atoms with Crippen LogP contribution in [0.25, 0.3) is 0 Å². The Kier molecular flexibility index (Phi) is 5.69. The number of methoxy groups -OCH3 is 1. The fourth-order valence-electron chi connectivity index (χ4n) is 1.96. The highest BCUT2D eigenvalue weighted by atomic mass is 16.5. The quantitative estimate of drug-likeness (QED) is 0.619. The van der Waals surface area contributed by atoms with Gasteiger partial charge >= 0.3 is 5.97 Å². The summed E-state index contributed by atoms with van der Waals surface area (Å²) < 4.78 is 4.62. The van der Waals surface area contributed by atoms with Gasteiger partial charge in [0.25, 0.3) is 0 Å². The fourth-order valence-corrected chi connectivity index (χ4v) is 1.96. The highest BCUT2D eigenvalue weighted by Gasteiger charge is 2.08. The Morgan fingerprint density at radius 3 is 2.72 bits per heavy atom. The molecule has 0 spiro atoms. The van der Waals surface area contributed by atoms with Gasteiger partial charge in [-0.2, -0.15) is 0 Å². The summed E-state index contributed by atoms with van der Waals surface area (Å²) in [6.45, 7) is 7.27. The maximum Gasteiger partial charge on any atom is 0.305 e. The van der Waals surface area contributed by atoms with Gasteiger partial charge in [-0.05, 0) is 30.4 Å². The number of carbonyl (C=O) groups is 1. The molecule has 0 aliphatic heterocycles. The molecular formula is C15H23NO2. The minimum atomic E-state index is -0.148. The van der Waals surface area contributed by atoms with E-state index in [4.69, 9.17) is 0 Å².